The van der Waals surface area contributed by atoms with Crippen LogP contribution in [0.4, 0.5) is 13.2 Å². The van der Waals surface area contributed by atoms with Gasteiger partial charge < -0.3 is 15.2 Å². The van der Waals surface area contributed by atoms with E-state index < -0.39 is 30.2 Å². The third-order valence-corrected chi connectivity index (χ3v) is 5.71. The molecular weight excluding hydrogens is 379 g/mol. The largest absolute Gasteiger partial charge is 0.493 e. The van der Waals surface area contributed by atoms with Gasteiger partial charge in [0.15, 0.2) is 5.60 Å². The van der Waals surface area contributed by atoms with Gasteiger partial charge in [0, 0.05) is 24.6 Å². The van der Waals surface area contributed by atoms with Gasteiger partial charge >= 0.3 is 6.18 Å². The first-order valence-corrected chi connectivity index (χ1v) is 9.86. The number of hydrogen-bond donors (Lipinski definition) is 2. The van der Waals surface area contributed by atoms with Crippen molar-refractivity contribution < 1.29 is 23.0 Å². The topological polar surface area (TPSA) is 41.5 Å². The zero-order valence-corrected chi connectivity index (χ0v) is 17.0. The molecule has 0 saturated heterocycles. The summed E-state index contributed by atoms with van der Waals surface area (Å²) >= 11 is 0. The van der Waals surface area contributed by atoms with Crippen LogP contribution in [0.25, 0.3) is 0 Å². The fraction of sp³-hybridized carbons (Fsp3) is 0.478. The number of rotatable bonds is 7. The molecule has 0 aromatic heterocycles. The second kappa shape index (κ2) is 8.00. The van der Waals surface area contributed by atoms with Crippen molar-refractivity contribution in [1.82, 2.24) is 5.32 Å². The van der Waals surface area contributed by atoms with Crippen LogP contribution >= 0.6 is 0 Å². The third kappa shape index (κ3) is 4.59. The molecule has 0 amide bonds. The standard InChI is InChI=1S/C23H28F3NO2/c1-16(17-8-5-4-6-9-17)27-15-22(28,23(24,25)26)14-21(2,3)19-11-7-10-18-12-13-29-20(18)19/h4-11,16,27-28H,12-15H2,1-3H3/t16-,22?/m1/s1. The summed E-state index contributed by atoms with van der Waals surface area (Å²) in [6, 6.07) is 14.5. The van der Waals surface area contributed by atoms with Crippen molar-refractivity contribution in [2.24, 2.45) is 0 Å². The molecule has 2 N–H and O–H groups in total. The van der Waals surface area contributed by atoms with Gasteiger partial charge in [0.1, 0.15) is 5.75 Å². The number of aliphatic hydroxyl groups is 1. The first kappa shape index (κ1) is 21.7. The van der Waals surface area contributed by atoms with Gasteiger partial charge in [-0.2, -0.15) is 13.2 Å². The Morgan fingerprint density at radius 2 is 1.76 bits per heavy atom. The Morgan fingerprint density at radius 1 is 1.07 bits per heavy atom. The normalized spacial score (nSPS) is 17.3. The summed E-state index contributed by atoms with van der Waals surface area (Å²) < 4.78 is 47.6. The van der Waals surface area contributed by atoms with Gasteiger partial charge in [-0.25, -0.2) is 0 Å². The number of halogens is 3. The van der Waals surface area contributed by atoms with Crippen molar-refractivity contribution in [2.45, 2.75) is 56.8 Å². The van der Waals surface area contributed by atoms with E-state index in [9.17, 15) is 18.3 Å². The molecule has 1 aliphatic heterocycles. The smallest absolute Gasteiger partial charge is 0.418 e. The summed E-state index contributed by atoms with van der Waals surface area (Å²) in [5.41, 5.74) is -1.24. The summed E-state index contributed by atoms with van der Waals surface area (Å²) in [6.45, 7) is 5.17. The molecule has 0 saturated carbocycles. The highest BCUT2D eigenvalue weighted by atomic mass is 19.4. The van der Waals surface area contributed by atoms with Crippen LogP contribution < -0.4 is 10.1 Å². The van der Waals surface area contributed by atoms with Crippen LogP contribution in [-0.2, 0) is 11.8 Å². The summed E-state index contributed by atoms with van der Waals surface area (Å²) in [5, 5.41) is 13.6. The quantitative estimate of drug-likeness (QED) is 0.684. The van der Waals surface area contributed by atoms with Crippen LogP contribution in [0.3, 0.4) is 0 Å². The van der Waals surface area contributed by atoms with Crippen LogP contribution in [0.15, 0.2) is 48.5 Å². The van der Waals surface area contributed by atoms with Gasteiger partial charge in [-0.05, 0) is 29.9 Å². The molecule has 158 valence electrons. The number of nitrogens with one attached hydrogen (secondary N) is 1. The van der Waals surface area contributed by atoms with E-state index in [0.29, 0.717) is 17.9 Å². The van der Waals surface area contributed by atoms with E-state index >= 15 is 0 Å². The van der Waals surface area contributed by atoms with Gasteiger partial charge in [0.25, 0.3) is 0 Å². The first-order valence-electron chi connectivity index (χ1n) is 9.86. The lowest BCUT2D eigenvalue weighted by Gasteiger charge is -2.39. The minimum absolute atomic E-state index is 0.322. The molecule has 1 heterocycles. The fourth-order valence-electron chi connectivity index (χ4n) is 4.02. The maximum absolute atomic E-state index is 14.0. The molecule has 3 rings (SSSR count). The van der Waals surface area contributed by atoms with E-state index in [1.54, 1.807) is 26.8 Å². The number of fused-ring (bicyclic) bond motifs is 1. The van der Waals surface area contributed by atoms with Crippen molar-refractivity contribution in [3.05, 3.63) is 65.2 Å². The Balaban J connectivity index is 1.82. The van der Waals surface area contributed by atoms with Crippen molar-refractivity contribution in [3.8, 4) is 5.75 Å². The maximum atomic E-state index is 14.0. The third-order valence-electron chi connectivity index (χ3n) is 5.71. The molecule has 0 fully saturated rings. The molecule has 0 aliphatic carbocycles. The monoisotopic (exact) mass is 407 g/mol. The Bertz CT molecular complexity index is 836. The summed E-state index contributed by atoms with van der Waals surface area (Å²) in [6.07, 6.45) is -4.50. The molecule has 3 nitrogen and oxygen atoms in total. The highest BCUT2D eigenvalue weighted by Gasteiger charge is 2.56. The van der Waals surface area contributed by atoms with E-state index in [1.165, 1.54) is 0 Å². The van der Waals surface area contributed by atoms with Crippen LogP contribution in [0, 0.1) is 0 Å². The molecule has 1 aliphatic rings. The van der Waals surface area contributed by atoms with Crippen molar-refractivity contribution in [1.29, 1.82) is 0 Å². The number of para-hydroxylation sites is 1. The van der Waals surface area contributed by atoms with E-state index in [0.717, 1.165) is 17.5 Å². The Labute approximate surface area is 169 Å². The molecule has 6 heteroatoms. The van der Waals surface area contributed by atoms with E-state index in [4.69, 9.17) is 4.74 Å². The van der Waals surface area contributed by atoms with Gasteiger partial charge in [-0.15, -0.1) is 0 Å². The van der Waals surface area contributed by atoms with Gasteiger partial charge in [0.05, 0.1) is 6.61 Å². The van der Waals surface area contributed by atoms with Crippen molar-refractivity contribution in [3.63, 3.8) is 0 Å². The first-order chi connectivity index (χ1) is 13.5. The van der Waals surface area contributed by atoms with Crippen LogP contribution in [0.2, 0.25) is 0 Å². The molecule has 2 atom stereocenters. The minimum Gasteiger partial charge on any atom is -0.493 e. The average Bonchev–Trinajstić information content (AvgIpc) is 3.14. The zero-order chi connectivity index (χ0) is 21.3. The van der Waals surface area contributed by atoms with Crippen LogP contribution in [0.1, 0.15) is 49.9 Å². The predicted molar refractivity (Wildman–Crippen MR) is 107 cm³/mol. The van der Waals surface area contributed by atoms with E-state index in [2.05, 4.69) is 5.32 Å². The molecule has 29 heavy (non-hydrogen) atoms. The zero-order valence-electron chi connectivity index (χ0n) is 17.0. The second-order valence-electron chi connectivity index (χ2n) is 8.50. The number of hydrogen-bond acceptors (Lipinski definition) is 3. The Hall–Kier alpha value is -2.05. The van der Waals surface area contributed by atoms with Crippen LogP contribution in [0.5, 0.6) is 5.75 Å². The lowest BCUT2D eigenvalue weighted by Crippen LogP contribution is -2.55. The van der Waals surface area contributed by atoms with E-state index in [-0.39, 0.29) is 6.04 Å². The molecule has 0 spiro atoms. The van der Waals surface area contributed by atoms with Gasteiger partial charge in [-0.3, -0.25) is 0 Å². The molecular formula is C23H28F3NO2. The predicted octanol–water partition coefficient (Wildman–Crippen LogP) is 4.93. The van der Waals surface area contributed by atoms with Gasteiger partial charge in [-0.1, -0.05) is 62.4 Å². The fourth-order valence-corrected chi connectivity index (χ4v) is 4.02. The number of ether oxygens (including phenoxy) is 1. The molecule has 2 aromatic carbocycles. The van der Waals surface area contributed by atoms with Gasteiger partial charge in [0.2, 0.25) is 0 Å². The highest BCUT2D eigenvalue weighted by molar-refractivity contribution is 5.47. The number of alkyl halides is 3. The Kier molecular flexibility index (Phi) is 5.97. The van der Waals surface area contributed by atoms with Crippen LogP contribution in [-0.4, -0.2) is 30.0 Å². The lowest BCUT2D eigenvalue weighted by molar-refractivity contribution is -0.264. The molecule has 2 aromatic rings. The summed E-state index contributed by atoms with van der Waals surface area (Å²) in [4.78, 5) is 0. The summed E-state index contributed by atoms with van der Waals surface area (Å²) in [7, 11) is 0. The lowest BCUT2D eigenvalue weighted by atomic mass is 9.74. The summed E-state index contributed by atoms with van der Waals surface area (Å²) in [5.74, 6) is 0.660. The molecule has 0 bridgehead atoms. The average molecular weight is 407 g/mol. The highest BCUT2D eigenvalue weighted by Crippen LogP contribution is 2.45. The van der Waals surface area contributed by atoms with Crippen molar-refractivity contribution in [2.75, 3.05) is 13.2 Å². The molecule has 0 radical (unpaired) electrons. The second-order valence-corrected chi connectivity index (χ2v) is 8.50. The molecule has 1 unspecified atom stereocenters. The Morgan fingerprint density at radius 3 is 2.41 bits per heavy atom. The number of benzene rings is 2. The maximum Gasteiger partial charge on any atom is 0.418 e. The SMILES string of the molecule is C[C@@H](NCC(O)(CC(C)(C)c1cccc2c1OCC2)C(F)(F)F)c1ccccc1. The van der Waals surface area contributed by atoms with E-state index in [1.807, 2.05) is 42.5 Å². The minimum atomic E-state index is -4.77. The van der Waals surface area contributed by atoms with Crippen molar-refractivity contribution >= 4 is 0 Å².